The monoisotopic (exact) mass is 377 g/mol. The number of carbonyl (C=O) groups excluding carboxylic acids is 1. The quantitative estimate of drug-likeness (QED) is 0.663. The maximum absolute atomic E-state index is 12.6. The number of aryl methyl sites for hydroxylation is 1. The van der Waals surface area contributed by atoms with Crippen LogP contribution in [0.3, 0.4) is 0 Å². The van der Waals surface area contributed by atoms with Gasteiger partial charge in [-0.05, 0) is 30.2 Å². The Bertz CT molecular complexity index is 982. The molecule has 1 aromatic heterocycles. The van der Waals surface area contributed by atoms with E-state index in [1.165, 1.54) is 6.07 Å². The van der Waals surface area contributed by atoms with Gasteiger partial charge >= 0.3 is 0 Å². The van der Waals surface area contributed by atoms with Crippen molar-refractivity contribution < 1.29 is 9.53 Å². The fourth-order valence-corrected chi connectivity index (χ4v) is 3.07. The average molecular weight is 377 g/mol. The Hall–Kier alpha value is -3.41. The standard InChI is InChI=1S/C22H23N3O3/c1-15-23-18(14-22(27)24-15)13-20(17-6-4-3-5-7-17)25-21(26)12-16-8-10-19(28-2)11-9-16/h3-11,14,20H,12-13H2,1-2H3,(H,25,26)(H,23,24,27)/t20-/m0/s1. The van der Waals surface area contributed by atoms with E-state index in [0.29, 0.717) is 17.9 Å². The first-order valence-corrected chi connectivity index (χ1v) is 9.07. The van der Waals surface area contributed by atoms with Gasteiger partial charge in [-0.3, -0.25) is 9.59 Å². The minimum Gasteiger partial charge on any atom is -0.497 e. The summed E-state index contributed by atoms with van der Waals surface area (Å²) in [5.41, 5.74) is 2.30. The Kier molecular flexibility index (Phi) is 6.22. The van der Waals surface area contributed by atoms with Crippen molar-refractivity contribution in [1.29, 1.82) is 0 Å². The second kappa shape index (κ2) is 8.99. The zero-order valence-corrected chi connectivity index (χ0v) is 15.9. The Labute approximate surface area is 163 Å². The van der Waals surface area contributed by atoms with Crippen LogP contribution in [0.15, 0.2) is 65.5 Å². The summed E-state index contributed by atoms with van der Waals surface area (Å²) in [5.74, 6) is 1.21. The molecule has 0 aliphatic rings. The first-order chi connectivity index (χ1) is 13.5. The number of nitrogens with zero attached hydrogens (tertiary/aromatic N) is 1. The molecule has 0 fully saturated rings. The molecule has 3 rings (SSSR count). The van der Waals surface area contributed by atoms with Crippen molar-refractivity contribution in [3.05, 3.63) is 93.7 Å². The molecule has 6 nitrogen and oxygen atoms in total. The van der Waals surface area contributed by atoms with Gasteiger partial charge in [-0.25, -0.2) is 4.98 Å². The molecule has 2 aromatic carbocycles. The summed E-state index contributed by atoms with van der Waals surface area (Å²) in [6.07, 6.45) is 0.693. The van der Waals surface area contributed by atoms with E-state index in [-0.39, 0.29) is 23.9 Å². The van der Waals surface area contributed by atoms with E-state index in [2.05, 4.69) is 15.3 Å². The molecule has 3 aromatic rings. The molecular weight excluding hydrogens is 354 g/mol. The van der Waals surface area contributed by atoms with Crippen molar-refractivity contribution in [3.63, 3.8) is 0 Å². The van der Waals surface area contributed by atoms with Gasteiger partial charge in [0.05, 0.1) is 25.3 Å². The predicted octanol–water partition coefficient (Wildman–Crippen LogP) is 2.73. The van der Waals surface area contributed by atoms with E-state index in [0.717, 1.165) is 16.9 Å². The minimum atomic E-state index is -0.277. The Morgan fingerprint density at radius 2 is 1.86 bits per heavy atom. The molecule has 1 amide bonds. The minimum absolute atomic E-state index is 0.0967. The van der Waals surface area contributed by atoms with Crippen LogP contribution in [0.5, 0.6) is 5.75 Å². The highest BCUT2D eigenvalue weighted by atomic mass is 16.5. The highest BCUT2D eigenvalue weighted by Gasteiger charge is 2.17. The van der Waals surface area contributed by atoms with Gasteiger partial charge in [0.15, 0.2) is 0 Å². The molecule has 28 heavy (non-hydrogen) atoms. The van der Waals surface area contributed by atoms with Gasteiger partial charge in [0.2, 0.25) is 5.91 Å². The van der Waals surface area contributed by atoms with Crippen LogP contribution in [0.2, 0.25) is 0 Å². The average Bonchev–Trinajstić information content (AvgIpc) is 2.68. The van der Waals surface area contributed by atoms with Crippen LogP contribution in [-0.2, 0) is 17.6 Å². The SMILES string of the molecule is COc1ccc(CC(=O)N[C@@H](Cc2cc(=O)[nH]c(C)n2)c2ccccc2)cc1. The fourth-order valence-electron chi connectivity index (χ4n) is 3.07. The summed E-state index contributed by atoms with van der Waals surface area (Å²) in [5, 5.41) is 3.08. The number of amides is 1. The number of aromatic nitrogens is 2. The van der Waals surface area contributed by atoms with E-state index in [1.54, 1.807) is 14.0 Å². The van der Waals surface area contributed by atoms with Crippen LogP contribution in [0.4, 0.5) is 0 Å². The first-order valence-electron chi connectivity index (χ1n) is 9.07. The summed E-state index contributed by atoms with van der Waals surface area (Å²) >= 11 is 0. The maximum atomic E-state index is 12.6. The zero-order chi connectivity index (χ0) is 19.9. The molecule has 1 atom stereocenters. The number of ether oxygens (including phenoxy) is 1. The number of rotatable bonds is 7. The Balaban J connectivity index is 1.76. The summed E-state index contributed by atoms with van der Waals surface area (Å²) in [7, 11) is 1.61. The normalized spacial score (nSPS) is 11.6. The lowest BCUT2D eigenvalue weighted by Gasteiger charge is -2.19. The number of benzene rings is 2. The topological polar surface area (TPSA) is 84.1 Å². The molecule has 0 aliphatic carbocycles. The van der Waals surface area contributed by atoms with E-state index < -0.39 is 0 Å². The molecule has 0 saturated heterocycles. The molecule has 6 heteroatoms. The van der Waals surface area contributed by atoms with E-state index in [1.807, 2.05) is 54.6 Å². The van der Waals surface area contributed by atoms with Gasteiger partial charge in [0, 0.05) is 12.5 Å². The third-order valence-electron chi connectivity index (χ3n) is 4.39. The Morgan fingerprint density at radius 3 is 2.50 bits per heavy atom. The molecule has 2 N–H and O–H groups in total. The van der Waals surface area contributed by atoms with Gasteiger partial charge in [-0.1, -0.05) is 42.5 Å². The summed E-state index contributed by atoms with van der Waals surface area (Å²) in [4.78, 5) is 31.4. The summed E-state index contributed by atoms with van der Waals surface area (Å²) < 4.78 is 5.15. The van der Waals surface area contributed by atoms with Gasteiger partial charge in [-0.2, -0.15) is 0 Å². The second-order valence-corrected chi connectivity index (χ2v) is 6.58. The molecule has 0 bridgehead atoms. The Morgan fingerprint density at radius 1 is 1.14 bits per heavy atom. The highest BCUT2D eigenvalue weighted by Crippen LogP contribution is 2.18. The second-order valence-electron chi connectivity index (χ2n) is 6.58. The van der Waals surface area contributed by atoms with Crippen LogP contribution in [0.25, 0.3) is 0 Å². The molecule has 1 heterocycles. The van der Waals surface area contributed by atoms with Gasteiger partial charge < -0.3 is 15.0 Å². The van der Waals surface area contributed by atoms with E-state index >= 15 is 0 Å². The number of hydrogen-bond acceptors (Lipinski definition) is 4. The number of H-pyrrole nitrogens is 1. The number of hydrogen-bond donors (Lipinski definition) is 2. The number of nitrogens with one attached hydrogen (secondary N) is 2. The number of aromatic amines is 1. The maximum Gasteiger partial charge on any atom is 0.251 e. The fraction of sp³-hybridized carbons (Fsp3) is 0.227. The van der Waals surface area contributed by atoms with Crippen molar-refractivity contribution in [2.45, 2.75) is 25.8 Å². The molecule has 144 valence electrons. The zero-order valence-electron chi connectivity index (χ0n) is 15.9. The van der Waals surface area contributed by atoms with Gasteiger partial charge in [-0.15, -0.1) is 0 Å². The van der Waals surface area contributed by atoms with Crippen LogP contribution < -0.4 is 15.6 Å². The summed E-state index contributed by atoms with van der Waals surface area (Å²) in [6, 6.07) is 18.3. The molecular formula is C22H23N3O3. The largest absolute Gasteiger partial charge is 0.497 e. The van der Waals surface area contributed by atoms with Crippen molar-refractivity contribution >= 4 is 5.91 Å². The van der Waals surface area contributed by atoms with Crippen molar-refractivity contribution in [1.82, 2.24) is 15.3 Å². The van der Waals surface area contributed by atoms with E-state index in [9.17, 15) is 9.59 Å². The van der Waals surface area contributed by atoms with Crippen molar-refractivity contribution in [2.24, 2.45) is 0 Å². The van der Waals surface area contributed by atoms with Gasteiger partial charge in [0.25, 0.3) is 5.56 Å². The molecule has 0 radical (unpaired) electrons. The lowest BCUT2D eigenvalue weighted by molar-refractivity contribution is -0.121. The van der Waals surface area contributed by atoms with Crippen molar-refractivity contribution in [2.75, 3.05) is 7.11 Å². The molecule has 0 unspecified atom stereocenters. The van der Waals surface area contributed by atoms with Crippen LogP contribution in [0.1, 0.15) is 28.7 Å². The lowest BCUT2D eigenvalue weighted by Crippen LogP contribution is -2.31. The van der Waals surface area contributed by atoms with Crippen LogP contribution in [-0.4, -0.2) is 23.0 Å². The third kappa shape index (κ3) is 5.30. The number of carbonyl (C=O) groups is 1. The molecule has 0 spiro atoms. The smallest absolute Gasteiger partial charge is 0.251 e. The van der Waals surface area contributed by atoms with Gasteiger partial charge in [0.1, 0.15) is 11.6 Å². The third-order valence-corrected chi connectivity index (χ3v) is 4.39. The van der Waals surface area contributed by atoms with Crippen LogP contribution in [0, 0.1) is 6.92 Å². The van der Waals surface area contributed by atoms with Crippen molar-refractivity contribution in [3.8, 4) is 5.75 Å². The number of methoxy groups -OCH3 is 1. The van der Waals surface area contributed by atoms with Crippen LogP contribution >= 0.6 is 0 Å². The predicted molar refractivity (Wildman–Crippen MR) is 107 cm³/mol. The molecule has 0 saturated carbocycles. The van der Waals surface area contributed by atoms with E-state index in [4.69, 9.17) is 4.74 Å². The summed E-state index contributed by atoms with van der Waals surface area (Å²) in [6.45, 7) is 1.74. The highest BCUT2D eigenvalue weighted by molar-refractivity contribution is 5.79. The lowest BCUT2D eigenvalue weighted by atomic mass is 10.0. The first kappa shape index (κ1) is 19.4. The molecule has 0 aliphatic heterocycles.